The van der Waals surface area contributed by atoms with Gasteiger partial charge in [-0.1, -0.05) is 30.7 Å². The number of rotatable bonds is 6. The smallest absolute Gasteiger partial charge is 0.0746 e. The molecule has 4 heteroatoms. The molecule has 1 aliphatic heterocycles. The maximum atomic E-state index is 6.46. The van der Waals surface area contributed by atoms with Crippen molar-refractivity contribution in [2.45, 2.75) is 38.8 Å². The lowest BCUT2D eigenvalue weighted by Gasteiger charge is -2.35. The van der Waals surface area contributed by atoms with Crippen molar-refractivity contribution in [3.05, 3.63) is 28.8 Å². The Kier molecular flexibility index (Phi) is 6.14. The van der Waals surface area contributed by atoms with Crippen LogP contribution in [0.4, 0.5) is 5.69 Å². The molecule has 1 N–H and O–H groups in total. The number of benzene rings is 1. The van der Waals surface area contributed by atoms with Gasteiger partial charge in [0.05, 0.1) is 16.8 Å². The van der Waals surface area contributed by atoms with Gasteiger partial charge in [0.1, 0.15) is 0 Å². The van der Waals surface area contributed by atoms with E-state index in [-0.39, 0.29) is 0 Å². The predicted molar refractivity (Wildman–Crippen MR) is 85.7 cm³/mol. The summed E-state index contributed by atoms with van der Waals surface area (Å²) < 4.78 is 5.52. The molecule has 0 aromatic heterocycles. The van der Waals surface area contributed by atoms with Gasteiger partial charge in [0.25, 0.3) is 0 Å². The van der Waals surface area contributed by atoms with Crippen LogP contribution in [0.25, 0.3) is 0 Å². The summed E-state index contributed by atoms with van der Waals surface area (Å²) in [5.41, 5.74) is 2.46. The maximum absolute atomic E-state index is 6.46. The lowest BCUT2D eigenvalue weighted by atomic mass is 10.0. The van der Waals surface area contributed by atoms with E-state index in [1.807, 2.05) is 12.1 Å². The second kappa shape index (κ2) is 7.87. The SMILES string of the molecule is CCCNCc1cccc(Cl)c1N1CCCC(OC)C1. The number of anilines is 1. The van der Waals surface area contributed by atoms with Gasteiger partial charge in [0, 0.05) is 26.7 Å². The topological polar surface area (TPSA) is 24.5 Å². The van der Waals surface area contributed by atoms with Crippen molar-refractivity contribution >= 4 is 17.3 Å². The number of nitrogens with one attached hydrogen (secondary N) is 1. The van der Waals surface area contributed by atoms with E-state index in [9.17, 15) is 0 Å². The Labute approximate surface area is 127 Å². The molecule has 1 saturated heterocycles. The molecule has 1 aromatic carbocycles. The summed E-state index contributed by atoms with van der Waals surface area (Å²) in [4.78, 5) is 2.38. The Morgan fingerprint density at radius 3 is 3.05 bits per heavy atom. The minimum Gasteiger partial charge on any atom is -0.380 e. The normalized spacial score (nSPS) is 19.4. The van der Waals surface area contributed by atoms with Crippen LogP contribution in [0.2, 0.25) is 5.02 Å². The minimum absolute atomic E-state index is 0.316. The monoisotopic (exact) mass is 296 g/mol. The van der Waals surface area contributed by atoms with Crippen LogP contribution in [0.1, 0.15) is 31.7 Å². The van der Waals surface area contributed by atoms with Gasteiger partial charge in [-0.15, -0.1) is 0 Å². The lowest BCUT2D eigenvalue weighted by molar-refractivity contribution is 0.0893. The Morgan fingerprint density at radius 1 is 1.45 bits per heavy atom. The Bertz CT molecular complexity index is 425. The Morgan fingerprint density at radius 2 is 2.30 bits per heavy atom. The van der Waals surface area contributed by atoms with E-state index in [4.69, 9.17) is 16.3 Å². The number of nitrogens with zero attached hydrogens (tertiary/aromatic N) is 1. The quantitative estimate of drug-likeness (QED) is 0.814. The Balaban J connectivity index is 2.15. The van der Waals surface area contributed by atoms with Gasteiger partial charge >= 0.3 is 0 Å². The summed E-state index contributed by atoms with van der Waals surface area (Å²) in [6, 6.07) is 6.18. The van der Waals surface area contributed by atoms with Gasteiger partial charge in [-0.2, -0.15) is 0 Å². The van der Waals surface area contributed by atoms with E-state index in [0.717, 1.165) is 50.5 Å². The average molecular weight is 297 g/mol. The van der Waals surface area contributed by atoms with Crippen molar-refractivity contribution < 1.29 is 4.74 Å². The summed E-state index contributed by atoms with van der Waals surface area (Å²) in [5, 5.41) is 4.31. The van der Waals surface area contributed by atoms with Gasteiger partial charge in [-0.05, 0) is 37.4 Å². The average Bonchev–Trinajstić information content (AvgIpc) is 2.48. The number of ether oxygens (including phenoxy) is 1. The minimum atomic E-state index is 0.316. The van der Waals surface area contributed by atoms with Crippen LogP contribution in [0.3, 0.4) is 0 Å². The van der Waals surface area contributed by atoms with Gasteiger partial charge in [0.2, 0.25) is 0 Å². The molecule has 112 valence electrons. The zero-order valence-electron chi connectivity index (χ0n) is 12.5. The fourth-order valence-corrected chi connectivity index (χ4v) is 3.10. The summed E-state index contributed by atoms with van der Waals surface area (Å²) >= 11 is 6.46. The van der Waals surface area contributed by atoms with Crippen molar-refractivity contribution in [1.82, 2.24) is 5.32 Å². The molecule has 1 atom stereocenters. The molecular formula is C16H25ClN2O. The highest BCUT2D eigenvalue weighted by Crippen LogP contribution is 2.32. The van der Waals surface area contributed by atoms with Crippen LogP contribution in [-0.4, -0.2) is 32.8 Å². The molecule has 0 bridgehead atoms. The van der Waals surface area contributed by atoms with E-state index in [1.54, 1.807) is 7.11 Å². The van der Waals surface area contributed by atoms with Gasteiger partial charge < -0.3 is 15.0 Å². The van der Waals surface area contributed by atoms with Gasteiger partial charge in [0.15, 0.2) is 0 Å². The third kappa shape index (κ3) is 3.87. The van der Waals surface area contributed by atoms with Crippen LogP contribution >= 0.6 is 11.6 Å². The van der Waals surface area contributed by atoms with Crippen molar-refractivity contribution in [2.24, 2.45) is 0 Å². The van der Waals surface area contributed by atoms with E-state index in [2.05, 4.69) is 23.2 Å². The van der Waals surface area contributed by atoms with E-state index in [1.165, 1.54) is 11.3 Å². The summed E-state index contributed by atoms with van der Waals surface area (Å²) in [6.45, 7) is 6.08. The first-order valence-electron chi connectivity index (χ1n) is 7.52. The third-order valence-electron chi connectivity index (χ3n) is 3.84. The first-order valence-corrected chi connectivity index (χ1v) is 7.90. The number of piperidine rings is 1. The first-order chi connectivity index (χ1) is 9.76. The lowest BCUT2D eigenvalue weighted by Crippen LogP contribution is -2.40. The molecule has 0 saturated carbocycles. The second-order valence-electron chi connectivity index (χ2n) is 5.37. The molecule has 20 heavy (non-hydrogen) atoms. The number of methoxy groups -OCH3 is 1. The number of hydrogen-bond acceptors (Lipinski definition) is 3. The molecule has 2 rings (SSSR count). The second-order valence-corrected chi connectivity index (χ2v) is 5.78. The predicted octanol–water partition coefficient (Wildman–Crippen LogP) is 3.45. The molecule has 0 radical (unpaired) electrons. The van der Waals surface area contributed by atoms with E-state index < -0.39 is 0 Å². The van der Waals surface area contributed by atoms with Crippen LogP contribution < -0.4 is 10.2 Å². The number of halogens is 1. The number of hydrogen-bond donors (Lipinski definition) is 1. The molecule has 1 aliphatic rings. The van der Waals surface area contributed by atoms with Crippen molar-refractivity contribution in [3.63, 3.8) is 0 Å². The fraction of sp³-hybridized carbons (Fsp3) is 0.625. The van der Waals surface area contributed by atoms with E-state index >= 15 is 0 Å². The Hall–Kier alpha value is -0.770. The fourth-order valence-electron chi connectivity index (χ4n) is 2.79. The highest BCUT2D eigenvalue weighted by Gasteiger charge is 2.23. The van der Waals surface area contributed by atoms with Crippen molar-refractivity contribution in [2.75, 3.05) is 31.6 Å². The molecule has 0 spiro atoms. The molecule has 1 fully saturated rings. The number of para-hydroxylation sites is 1. The first kappa shape index (κ1) is 15.6. The maximum Gasteiger partial charge on any atom is 0.0746 e. The standard InChI is InChI=1S/C16H25ClN2O/c1-3-9-18-11-13-6-4-8-15(17)16(13)19-10-5-7-14(12-19)20-2/h4,6,8,14,18H,3,5,7,9-12H2,1-2H3. The molecular weight excluding hydrogens is 272 g/mol. The van der Waals surface area contributed by atoms with Gasteiger partial charge in [-0.25, -0.2) is 0 Å². The van der Waals surface area contributed by atoms with Crippen molar-refractivity contribution in [1.29, 1.82) is 0 Å². The highest BCUT2D eigenvalue weighted by atomic mass is 35.5. The summed E-state index contributed by atoms with van der Waals surface area (Å²) in [5.74, 6) is 0. The zero-order chi connectivity index (χ0) is 14.4. The molecule has 1 aromatic rings. The molecule has 3 nitrogen and oxygen atoms in total. The molecule has 0 amide bonds. The van der Waals surface area contributed by atoms with Crippen LogP contribution in [0.5, 0.6) is 0 Å². The summed E-state index contributed by atoms with van der Waals surface area (Å²) in [7, 11) is 1.80. The summed E-state index contributed by atoms with van der Waals surface area (Å²) in [6.07, 6.45) is 3.76. The van der Waals surface area contributed by atoms with Crippen LogP contribution in [0.15, 0.2) is 18.2 Å². The molecule has 0 aliphatic carbocycles. The van der Waals surface area contributed by atoms with Crippen LogP contribution in [-0.2, 0) is 11.3 Å². The largest absolute Gasteiger partial charge is 0.380 e. The van der Waals surface area contributed by atoms with E-state index in [0.29, 0.717) is 6.10 Å². The van der Waals surface area contributed by atoms with Crippen molar-refractivity contribution in [3.8, 4) is 0 Å². The molecule has 1 heterocycles. The van der Waals surface area contributed by atoms with Gasteiger partial charge in [-0.3, -0.25) is 0 Å². The zero-order valence-corrected chi connectivity index (χ0v) is 13.2. The van der Waals surface area contributed by atoms with Crippen LogP contribution in [0, 0.1) is 0 Å². The third-order valence-corrected chi connectivity index (χ3v) is 4.15. The molecule has 1 unspecified atom stereocenters. The highest BCUT2D eigenvalue weighted by molar-refractivity contribution is 6.33.